The van der Waals surface area contributed by atoms with Crippen molar-refractivity contribution in [1.29, 1.82) is 0 Å². The molecule has 20 heavy (non-hydrogen) atoms. The van der Waals surface area contributed by atoms with Crippen LogP contribution < -0.4 is 10.5 Å². The Labute approximate surface area is 114 Å². The van der Waals surface area contributed by atoms with Crippen molar-refractivity contribution in [3.8, 4) is 11.4 Å². The Morgan fingerprint density at radius 3 is 2.65 bits per heavy atom. The van der Waals surface area contributed by atoms with Gasteiger partial charge in [-0.05, 0) is 19.1 Å². The van der Waals surface area contributed by atoms with Crippen molar-refractivity contribution in [2.24, 2.45) is 0 Å². The summed E-state index contributed by atoms with van der Waals surface area (Å²) in [4.78, 5) is 15.6. The maximum atomic E-state index is 13.7. The number of hydrogen-bond donors (Lipinski definition) is 1. The fourth-order valence-electron chi connectivity index (χ4n) is 1.92. The third-order valence-corrected chi connectivity index (χ3v) is 2.85. The van der Waals surface area contributed by atoms with Crippen molar-refractivity contribution in [1.82, 2.24) is 9.55 Å². The van der Waals surface area contributed by atoms with E-state index in [0.717, 1.165) is 0 Å². The molecule has 1 aromatic carbocycles. The second kappa shape index (κ2) is 5.20. The predicted octanol–water partition coefficient (Wildman–Crippen LogP) is 1.70. The molecule has 0 aliphatic carbocycles. The molecule has 1 aromatic heterocycles. The van der Waals surface area contributed by atoms with Gasteiger partial charge >= 0.3 is 5.97 Å². The molecule has 0 spiro atoms. The van der Waals surface area contributed by atoms with Gasteiger partial charge in [-0.25, -0.2) is 14.2 Å². The topological polar surface area (TPSA) is 79.4 Å². The van der Waals surface area contributed by atoms with Gasteiger partial charge in [0.25, 0.3) is 0 Å². The van der Waals surface area contributed by atoms with Gasteiger partial charge in [-0.3, -0.25) is 4.57 Å². The number of nitrogen functional groups attached to an aromatic ring is 1. The number of carbonyl (C=O) groups excluding carboxylic acids is 1. The van der Waals surface area contributed by atoms with Gasteiger partial charge in [0.15, 0.2) is 17.3 Å². The summed E-state index contributed by atoms with van der Waals surface area (Å²) in [5.74, 6) is -0.500. The summed E-state index contributed by atoms with van der Waals surface area (Å²) in [5, 5.41) is 0. The Hall–Kier alpha value is -2.57. The zero-order valence-electron chi connectivity index (χ0n) is 11.3. The van der Waals surface area contributed by atoms with Crippen molar-refractivity contribution in [3.05, 3.63) is 35.5 Å². The number of methoxy groups -OCH3 is 2. The highest BCUT2D eigenvalue weighted by Gasteiger charge is 2.20. The Balaban J connectivity index is 2.56. The number of imidazole rings is 1. The van der Waals surface area contributed by atoms with Crippen LogP contribution in [0.1, 0.15) is 16.3 Å². The Kier molecular flexibility index (Phi) is 3.60. The van der Waals surface area contributed by atoms with Crippen LogP contribution >= 0.6 is 0 Å². The molecule has 0 atom stereocenters. The zero-order valence-corrected chi connectivity index (χ0v) is 11.3. The maximum absolute atomic E-state index is 13.7. The van der Waals surface area contributed by atoms with Crippen molar-refractivity contribution in [2.45, 2.75) is 6.92 Å². The number of halogens is 1. The van der Waals surface area contributed by atoms with E-state index in [0.29, 0.717) is 11.5 Å². The first-order valence-corrected chi connectivity index (χ1v) is 5.76. The van der Waals surface area contributed by atoms with E-state index >= 15 is 0 Å². The van der Waals surface area contributed by atoms with Crippen molar-refractivity contribution >= 4 is 11.8 Å². The minimum Gasteiger partial charge on any atom is -0.494 e. The second-order valence-corrected chi connectivity index (χ2v) is 4.04. The van der Waals surface area contributed by atoms with E-state index in [1.165, 1.54) is 30.9 Å². The summed E-state index contributed by atoms with van der Waals surface area (Å²) in [5.41, 5.74) is 6.33. The largest absolute Gasteiger partial charge is 0.494 e. The molecule has 0 saturated heterocycles. The molecule has 106 valence electrons. The van der Waals surface area contributed by atoms with Gasteiger partial charge in [-0.1, -0.05) is 0 Å². The fourth-order valence-corrected chi connectivity index (χ4v) is 1.92. The lowest BCUT2D eigenvalue weighted by molar-refractivity contribution is 0.0596. The third kappa shape index (κ3) is 2.18. The predicted molar refractivity (Wildman–Crippen MR) is 70.6 cm³/mol. The van der Waals surface area contributed by atoms with Gasteiger partial charge in [0.2, 0.25) is 0 Å². The Morgan fingerprint density at radius 1 is 1.40 bits per heavy atom. The van der Waals surface area contributed by atoms with E-state index in [2.05, 4.69) is 9.72 Å². The maximum Gasteiger partial charge on any atom is 0.360 e. The number of nitrogens with two attached hydrogens (primary N) is 1. The molecule has 0 amide bonds. The number of rotatable bonds is 3. The summed E-state index contributed by atoms with van der Waals surface area (Å²) < 4.78 is 24.7. The normalized spacial score (nSPS) is 10.4. The Morgan fingerprint density at radius 2 is 2.10 bits per heavy atom. The van der Waals surface area contributed by atoms with Gasteiger partial charge in [-0.2, -0.15) is 0 Å². The Bertz CT molecular complexity index is 667. The highest BCUT2D eigenvalue weighted by Crippen LogP contribution is 2.25. The highest BCUT2D eigenvalue weighted by molar-refractivity contribution is 5.92. The molecule has 0 aliphatic rings. The molecule has 1 heterocycles. The van der Waals surface area contributed by atoms with Crippen molar-refractivity contribution in [3.63, 3.8) is 0 Å². The van der Waals surface area contributed by atoms with E-state index in [4.69, 9.17) is 10.5 Å². The molecule has 0 fully saturated rings. The van der Waals surface area contributed by atoms with Gasteiger partial charge in [-0.15, -0.1) is 0 Å². The van der Waals surface area contributed by atoms with Crippen LogP contribution in [0.25, 0.3) is 5.69 Å². The fraction of sp³-hybridized carbons (Fsp3) is 0.231. The van der Waals surface area contributed by atoms with Crippen LogP contribution in [0, 0.1) is 12.7 Å². The van der Waals surface area contributed by atoms with Gasteiger partial charge in [0, 0.05) is 6.07 Å². The number of anilines is 1. The molecule has 2 rings (SSSR count). The van der Waals surface area contributed by atoms with Gasteiger partial charge in [0.1, 0.15) is 11.6 Å². The lowest BCUT2D eigenvalue weighted by Gasteiger charge is -2.09. The van der Waals surface area contributed by atoms with E-state index in [1.54, 1.807) is 13.0 Å². The second-order valence-electron chi connectivity index (χ2n) is 4.04. The average molecular weight is 279 g/mol. The lowest BCUT2D eigenvalue weighted by Crippen LogP contribution is -2.08. The van der Waals surface area contributed by atoms with Crippen molar-refractivity contribution in [2.75, 3.05) is 20.0 Å². The van der Waals surface area contributed by atoms with E-state index in [9.17, 15) is 9.18 Å². The van der Waals surface area contributed by atoms with Crippen LogP contribution in [-0.4, -0.2) is 29.7 Å². The van der Waals surface area contributed by atoms with Crippen LogP contribution in [-0.2, 0) is 4.74 Å². The third-order valence-electron chi connectivity index (χ3n) is 2.85. The van der Waals surface area contributed by atoms with E-state index in [-0.39, 0.29) is 17.3 Å². The number of hydrogen-bond acceptors (Lipinski definition) is 5. The van der Waals surface area contributed by atoms with E-state index < -0.39 is 11.8 Å². The SMILES string of the molecule is COC(=O)c1nc(C)n(-c2ccc(OC)c(F)c2)c1N. The number of aryl methyl sites for hydroxylation is 1. The lowest BCUT2D eigenvalue weighted by atomic mass is 10.2. The monoisotopic (exact) mass is 279 g/mol. The molecular weight excluding hydrogens is 265 g/mol. The number of ether oxygens (including phenoxy) is 2. The van der Waals surface area contributed by atoms with Crippen LogP contribution in [0.3, 0.4) is 0 Å². The number of nitrogens with zero attached hydrogens (tertiary/aromatic N) is 2. The molecule has 2 N–H and O–H groups in total. The molecule has 7 heteroatoms. The van der Waals surface area contributed by atoms with Gasteiger partial charge < -0.3 is 15.2 Å². The van der Waals surface area contributed by atoms with Crippen LogP contribution in [0.4, 0.5) is 10.2 Å². The summed E-state index contributed by atoms with van der Waals surface area (Å²) in [6, 6.07) is 4.35. The standard InChI is InChI=1S/C13H14FN3O3/c1-7-16-11(13(18)20-3)12(15)17(7)8-4-5-10(19-2)9(14)6-8/h4-6H,15H2,1-3H3. The molecular formula is C13H14FN3O3. The van der Waals surface area contributed by atoms with Crippen LogP contribution in [0.5, 0.6) is 5.75 Å². The molecule has 0 radical (unpaired) electrons. The summed E-state index contributed by atoms with van der Waals surface area (Å²) in [6.07, 6.45) is 0. The molecule has 2 aromatic rings. The number of aromatic nitrogens is 2. The first-order valence-electron chi connectivity index (χ1n) is 5.76. The molecule has 0 saturated carbocycles. The number of carbonyl (C=O) groups is 1. The quantitative estimate of drug-likeness (QED) is 0.865. The zero-order chi connectivity index (χ0) is 14.9. The number of esters is 1. The summed E-state index contributed by atoms with van der Waals surface area (Å²) in [6.45, 7) is 1.66. The van der Waals surface area contributed by atoms with Gasteiger partial charge in [0.05, 0.1) is 19.9 Å². The minimum absolute atomic E-state index is 0.00114. The molecule has 0 bridgehead atoms. The van der Waals surface area contributed by atoms with Crippen LogP contribution in [0.15, 0.2) is 18.2 Å². The first-order chi connectivity index (χ1) is 9.49. The summed E-state index contributed by atoms with van der Waals surface area (Å²) in [7, 11) is 2.62. The highest BCUT2D eigenvalue weighted by atomic mass is 19.1. The minimum atomic E-state index is -0.640. The average Bonchev–Trinajstić information content (AvgIpc) is 2.73. The summed E-state index contributed by atoms with van der Waals surface area (Å²) >= 11 is 0. The first kappa shape index (κ1) is 13.9. The molecule has 0 aliphatic heterocycles. The van der Waals surface area contributed by atoms with E-state index in [1.807, 2.05) is 0 Å². The van der Waals surface area contributed by atoms with Crippen LogP contribution in [0.2, 0.25) is 0 Å². The molecule has 6 nitrogen and oxygen atoms in total. The number of benzene rings is 1. The van der Waals surface area contributed by atoms with Crippen molar-refractivity contribution < 1.29 is 18.7 Å². The molecule has 0 unspecified atom stereocenters. The smallest absolute Gasteiger partial charge is 0.360 e.